The monoisotopic (exact) mass is 333 g/mol. The number of halogens is 2. The molecule has 1 amide bonds. The number of benzene rings is 1. The van der Waals surface area contributed by atoms with E-state index in [2.05, 4.69) is 20.4 Å². The zero-order chi connectivity index (χ0) is 16.2. The van der Waals surface area contributed by atoms with E-state index in [1.54, 1.807) is 10.7 Å². The number of aromatic nitrogens is 4. The van der Waals surface area contributed by atoms with Crippen LogP contribution >= 0.6 is 11.6 Å². The summed E-state index contributed by atoms with van der Waals surface area (Å²) < 4.78 is 15.2. The van der Waals surface area contributed by atoms with Gasteiger partial charge in [0.15, 0.2) is 0 Å². The van der Waals surface area contributed by atoms with Crippen molar-refractivity contribution < 1.29 is 9.18 Å². The lowest BCUT2D eigenvalue weighted by Crippen LogP contribution is -2.26. The highest BCUT2D eigenvalue weighted by Gasteiger charge is 2.14. The molecule has 3 aromatic rings. The zero-order valence-corrected chi connectivity index (χ0v) is 12.8. The first-order valence-electron chi connectivity index (χ1n) is 7.01. The lowest BCUT2D eigenvalue weighted by Gasteiger charge is -2.07. The number of rotatable bonds is 5. The molecule has 0 saturated carbocycles. The van der Waals surface area contributed by atoms with Crippen molar-refractivity contribution in [3.05, 3.63) is 58.9 Å². The molecule has 0 radical (unpaired) electrons. The Labute approximate surface area is 136 Å². The summed E-state index contributed by atoms with van der Waals surface area (Å²) in [5.41, 5.74) is 0.848. The smallest absolute Gasteiger partial charge is 0.255 e. The second-order valence-electron chi connectivity index (χ2n) is 4.92. The van der Waals surface area contributed by atoms with Crippen LogP contribution in [0.3, 0.4) is 0 Å². The van der Waals surface area contributed by atoms with Crippen molar-refractivity contribution in [2.24, 2.45) is 0 Å². The van der Waals surface area contributed by atoms with Crippen LogP contribution in [0, 0.1) is 5.82 Å². The molecule has 1 aromatic carbocycles. The molecule has 0 aliphatic heterocycles. The molecule has 0 saturated heterocycles. The molecule has 1 N–H and O–H groups in total. The maximum atomic E-state index is 13.6. The minimum atomic E-state index is -0.629. The molecular formula is C15H13ClFN5O. The Balaban J connectivity index is 1.54. The van der Waals surface area contributed by atoms with Gasteiger partial charge in [-0.2, -0.15) is 10.1 Å². The largest absolute Gasteiger partial charge is 0.352 e. The fourth-order valence-electron chi connectivity index (χ4n) is 2.19. The first-order chi connectivity index (χ1) is 11.1. The van der Waals surface area contributed by atoms with Crippen LogP contribution in [0.2, 0.25) is 5.02 Å². The average molecular weight is 334 g/mol. The fraction of sp³-hybridized carbons (Fsp3) is 0.200. The van der Waals surface area contributed by atoms with Gasteiger partial charge in [-0.1, -0.05) is 17.7 Å². The molecule has 2 aromatic heterocycles. The van der Waals surface area contributed by atoms with E-state index in [1.165, 1.54) is 24.5 Å². The molecule has 3 rings (SSSR count). The van der Waals surface area contributed by atoms with Crippen LogP contribution in [0.4, 0.5) is 4.39 Å². The summed E-state index contributed by atoms with van der Waals surface area (Å²) in [5, 5.41) is 6.78. The number of fused-ring (bicyclic) bond motifs is 1. The molecule has 0 spiro atoms. The number of amides is 1. The Bertz CT molecular complexity index is 831. The average Bonchev–Trinajstić information content (AvgIpc) is 2.99. The van der Waals surface area contributed by atoms with Crippen LogP contribution in [-0.4, -0.2) is 32.0 Å². The van der Waals surface area contributed by atoms with Gasteiger partial charge in [-0.3, -0.25) is 4.79 Å². The van der Waals surface area contributed by atoms with Crippen molar-refractivity contribution in [1.29, 1.82) is 0 Å². The summed E-state index contributed by atoms with van der Waals surface area (Å²) in [6.45, 7) is 0.402. The number of hydrogen-bond acceptors (Lipinski definition) is 4. The van der Waals surface area contributed by atoms with Crippen molar-refractivity contribution in [2.75, 3.05) is 6.54 Å². The number of hydrogen-bond donors (Lipinski definition) is 1. The summed E-state index contributed by atoms with van der Waals surface area (Å²) in [7, 11) is 0. The fourth-order valence-corrected chi connectivity index (χ4v) is 2.43. The summed E-state index contributed by atoms with van der Waals surface area (Å²) >= 11 is 5.85. The molecule has 0 bridgehead atoms. The Hall–Kier alpha value is -2.54. The topological polar surface area (TPSA) is 72.2 Å². The molecular weight excluding hydrogens is 321 g/mol. The van der Waals surface area contributed by atoms with E-state index in [0.29, 0.717) is 25.2 Å². The van der Waals surface area contributed by atoms with E-state index in [-0.39, 0.29) is 10.6 Å². The molecule has 0 aliphatic rings. The highest BCUT2D eigenvalue weighted by Crippen LogP contribution is 2.18. The Kier molecular flexibility index (Phi) is 4.47. The van der Waals surface area contributed by atoms with Gasteiger partial charge in [0.2, 0.25) is 0 Å². The Morgan fingerprint density at radius 2 is 2.22 bits per heavy atom. The minimum absolute atomic E-state index is 0.100. The van der Waals surface area contributed by atoms with E-state index in [4.69, 9.17) is 11.6 Å². The summed E-state index contributed by atoms with van der Waals surface area (Å²) in [4.78, 5) is 20.1. The predicted octanol–water partition coefficient (Wildman–Crippen LogP) is 2.28. The van der Waals surface area contributed by atoms with Crippen LogP contribution < -0.4 is 5.32 Å². The second-order valence-corrected chi connectivity index (χ2v) is 5.33. The first kappa shape index (κ1) is 15.4. The number of aryl methyl sites for hydroxylation is 1. The Morgan fingerprint density at radius 1 is 1.35 bits per heavy atom. The third-order valence-electron chi connectivity index (χ3n) is 3.31. The predicted molar refractivity (Wildman–Crippen MR) is 82.8 cm³/mol. The van der Waals surface area contributed by atoms with Gasteiger partial charge in [0.1, 0.15) is 12.1 Å². The quantitative estimate of drug-likeness (QED) is 0.727. The highest BCUT2D eigenvalue weighted by molar-refractivity contribution is 6.33. The SMILES string of the molecule is O=C(NCCCc1cnc2ncnn2c1)c1c(F)cccc1Cl. The van der Waals surface area contributed by atoms with Crippen molar-refractivity contribution >= 4 is 23.3 Å². The number of nitrogens with zero attached hydrogens (tertiary/aromatic N) is 4. The molecule has 0 aliphatic carbocycles. The van der Waals surface area contributed by atoms with Gasteiger partial charge in [-0.05, 0) is 30.5 Å². The molecule has 2 heterocycles. The van der Waals surface area contributed by atoms with Crippen LogP contribution in [0.5, 0.6) is 0 Å². The molecule has 0 fully saturated rings. The maximum Gasteiger partial charge on any atom is 0.255 e. The van der Waals surface area contributed by atoms with Crippen LogP contribution in [-0.2, 0) is 6.42 Å². The second kappa shape index (κ2) is 6.70. The third kappa shape index (κ3) is 3.45. The van der Waals surface area contributed by atoms with E-state index in [1.807, 2.05) is 6.20 Å². The van der Waals surface area contributed by atoms with Crippen molar-refractivity contribution in [2.45, 2.75) is 12.8 Å². The molecule has 23 heavy (non-hydrogen) atoms. The van der Waals surface area contributed by atoms with Crippen molar-refractivity contribution in [3.8, 4) is 0 Å². The molecule has 118 valence electrons. The molecule has 6 nitrogen and oxygen atoms in total. The van der Waals surface area contributed by atoms with Gasteiger partial charge < -0.3 is 5.32 Å². The number of carbonyl (C=O) groups excluding carboxylic acids is 1. The molecule has 8 heteroatoms. The summed E-state index contributed by atoms with van der Waals surface area (Å²) in [6.07, 6.45) is 6.38. The summed E-state index contributed by atoms with van der Waals surface area (Å²) in [6, 6.07) is 4.15. The number of nitrogens with one attached hydrogen (secondary N) is 1. The van der Waals surface area contributed by atoms with Gasteiger partial charge in [0, 0.05) is 18.9 Å². The van der Waals surface area contributed by atoms with Gasteiger partial charge >= 0.3 is 0 Å². The van der Waals surface area contributed by atoms with Gasteiger partial charge in [-0.25, -0.2) is 13.9 Å². The van der Waals surface area contributed by atoms with E-state index >= 15 is 0 Å². The minimum Gasteiger partial charge on any atom is -0.352 e. The van der Waals surface area contributed by atoms with Gasteiger partial charge in [0.25, 0.3) is 11.7 Å². The normalized spacial score (nSPS) is 10.9. The highest BCUT2D eigenvalue weighted by atomic mass is 35.5. The standard InChI is InChI=1S/C15H13ClFN5O/c16-11-4-1-5-12(17)13(11)14(23)18-6-2-3-10-7-19-15-20-9-21-22(15)8-10/h1,4-5,7-9H,2-3,6H2,(H,18,23). The number of carbonyl (C=O) groups is 1. The summed E-state index contributed by atoms with van der Waals surface area (Å²) in [5.74, 6) is -0.606. The first-order valence-corrected chi connectivity index (χ1v) is 7.39. The van der Waals surface area contributed by atoms with Crippen molar-refractivity contribution in [1.82, 2.24) is 24.9 Å². The van der Waals surface area contributed by atoms with Crippen molar-refractivity contribution in [3.63, 3.8) is 0 Å². The van der Waals surface area contributed by atoms with E-state index < -0.39 is 11.7 Å². The van der Waals surface area contributed by atoms with Gasteiger partial charge in [-0.15, -0.1) is 0 Å². The lowest BCUT2D eigenvalue weighted by molar-refractivity contribution is 0.0949. The molecule has 0 atom stereocenters. The van der Waals surface area contributed by atoms with Gasteiger partial charge in [0.05, 0.1) is 10.6 Å². The maximum absolute atomic E-state index is 13.6. The van der Waals surface area contributed by atoms with E-state index in [9.17, 15) is 9.18 Å². The van der Waals surface area contributed by atoms with E-state index in [0.717, 1.165) is 5.56 Å². The zero-order valence-electron chi connectivity index (χ0n) is 12.0. The third-order valence-corrected chi connectivity index (χ3v) is 3.62. The van der Waals surface area contributed by atoms with Crippen LogP contribution in [0.15, 0.2) is 36.9 Å². The van der Waals surface area contributed by atoms with Crippen LogP contribution in [0.1, 0.15) is 22.3 Å². The Morgan fingerprint density at radius 3 is 3.04 bits per heavy atom. The lowest BCUT2D eigenvalue weighted by atomic mass is 10.1. The molecule has 0 unspecified atom stereocenters. The van der Waals surface area contributed by atoms with Crippen LogP contribution in [0.25, 0.3) is 5.78 Å².